The number of amides is 1. The monoisotopic (exact) mass is 416 g/mol. The zero-order chi connectivity index (χ0) is 20.6. The van der Waals surface area contributed by atoms with Gasteiger partial charge in [0.15, 0.2) is 5.58 Å². The minimum atomic E-state index is -4.93. The van der Waals surface area contributed by atoms with E-state index in [1.807, 2.05) is 29.6 Å². The highest BCUT2D eigenvalue weighted by Gasteiger charge is 2.38. The normalized spacial score (nSPS) is 11.6. The SMILES string of the molecule is O=C(Nc1ccc(-c2ccc(-c3nc4cc(Cl)ccc4o3)cc2)cc1)C(F)(F)F. The molecule has 1 amide bonds. The lowest BCUT2D eigenvalue weighted by atomic mass is 10.0. The number of anilines is 1. The predicted octanol–water partition coefficient (Wildman–Crippen LogP) is 6.32. The van der Waals surface area contributed by atoms with Crippen molar-refractivity contribution in [2.45, 2.75) is 6.18 Å². The van der Waals surface area contributed by atoms with Gasteiger partial charge in [-0.25, -0.2) is 4.98 Å². The van der Waals surface area contributed by atoms with E-state index < -0.39 is 12.1 Å². The first-order chi connectivity index (χ1) is 13.8. The molecule has 0 aliphatic carbocycles. The average molecular weight is 417 g/mol. The maximum atomic E-state index is 12.3. The van der Waals surface area contributed by atoms with Crippen molar-refractivity contribution in [3.05, 3.63) is 71.8 Å². The van der Waals surface area contributed by atoms with Gasteiger partial charge < -0.3 is 9.73 Å². The van der Waals surface area contributed by atoms with Crippen molar-refractivity contribution in [2.24, 2.45) is 0 Å². The number of nitrogens with one attached hydrogen (secondary N) is 1. The summed E-state index contributed by atoms with van der Waals surface area (Å²) in [7, 11) is 0. The van der Waals surface area contributed by atoms with Crippen molar-refractivity contribution >= 4 is 34.3 Å². The molecular weight excluding hydrogens is 405 g/mol. The Morgan fingerprint density at radius 1 is 0.897 bits per heavy atom. The number of halogens is 4. The van der Waals surface area contributed by atoms with Crippen molar-refractivity contribution in [3.8, 4) is 22.6 Å². The van der Waals surface area contributed by atoms with Crippen LogP contribution in [0.4, 0.5) is 18.9 Å². The third-order valence-electron chi connectivity index (χ3n) is 4.22. The molecule has 1 heterocycles. The summed E-state index contributed by atoms with van der Waals surface area (Å²) in [6, 6.07) is 18.6. The summed E-state index contributed by atoms with van der Waals surface area (Å²) < 4.78 is 42.7. The maximum Gasteiger partial charge on any atom is 0.471 e. The third kappa shape index (κ3) is 4.09. The molecule has 0 saturated heterocycles. The van der Waals surface area contributed by atoms with Gasteiger partial charge in [-0.15, -0.1) is 0 Å². The fourth-order valence-electron chi connectivity index (χ4n) is 2.78. The van der Waals surface area contributed by atoms with Crippen LogP contribution >= 0.6 is 11.6 Å². The van der Waals surface area contributed by atoms with Crippen LogP contribution in [0.3, 0.4) is 0 Å². The molecule has 8 heteroatoms. The molecule has 0 radical (unpaired) electrons. The molecule has 0 unspecified atom stereocenters. The number of hydrogen-bond donors (Lipinski definition) is 1. The highest BCUT2D eigenvalue weighted by Crippen LogP contribution is 2.29. The molecule has 1 aromatic heterocycles. The fourth-order valence-corrected chi connectivity index (χ4v) is 2.94. The summed E-state index contributed by atoms with van der Waals surface area (Å²) in [5, 5.41) is 2.39. The number of alkyl halides is 3. The molecule has 0 bridgehead atoms. The molecule has 0 fully saturated rings. The van der Waals surface area contributed by atoms with Gasteiger partial charge in [0.25, 0.3) is 0 Å². The molecule has 3 aromatic carbocycles. The van der Waals surface area contributed by atoms with Crippen molar-refractivity contribution in [3.63, 3.8) is 0 Å². The van der Waals surface area contributed by atoms with E-state index in [1.54, 1.807) is 30.3 Å². The lowest BCUT2D eigenvalue weighted by Gasteiger charge is -2.09. The Hall–Kier alpha value is -3.32. The quantitative estimate of drug-likeness (QED) is 0.425. The van der Waals surface area contributed by atoms with E-state index >= 15 is 0 Å². The van der Waals surface area contributed by atoms with Crippen LogP contribution in [0.5, 0.6) is 0 Å². The van der Waals surface area contributed by atoms with Crippen molar-refractivity contribution in [2.75, 3.05) is 5.32 Å². The first kappa shape index (κ1) is 19.0. The molecule has 1 N–H and O–H groups in total. The Balaban J connectivity index is 1.53. The summed E-state index contributed by atoms with van der Waals surface area (Å²) in [5.41, 5.74) is 3.76. The number of benzene rings is 3. The second-order valence-corrected chi connectivity index (χ2v) is 6.67. The molecule has 0 spiro atoms. The molecule has 146 valence electrons. The molecule has 29 heavy (non-hydrogen) atoms. The molecule has 0 atom stereocenters. The Morgan fingerprint density at radius 2 is 1.48 bits per heavy atom. The van der Waals surface area contributed by atoms with E-state index in [0.717, 1.165) is 16.7 Å². The molecule has 0 aliphatic heterocycles. The van der Waals surface area contributed by atoms with Crippen LogP contribution in [0, 0.1) is 0 Å². The summed E-state index contributed by atoms with van der Waals surface area (Å²) >= 11 is 5.96. The van der Waals surface area contributed by atoms with Gasteiger partial charge in [0, 0.05) is 16.3 Å². The Kier molecular flexibility index (Phi) is 4.76. The standard InChI is InChI=1S/C21H12ClF3N2O2/c22-15-7-10-18-17(11-15)27-19(29-18)14-3-1-12(2-4-14)13-5-8-16(9-6-13)26-20(28)21(23,24)25/h1-11H,(H,26,28). The van der Waals surface area contributed by atoms with E-state index in [9.17, 15) is 18.0 Å². The maximum absolute atomic E-state index is 12.3. The Bertz CT molecular complexity index is 1180. The van der Waals surface area contributed by atoms with Crippen LogP contribution in [-0.2, 0) is 4.79 Å². The minimum Gasteiger partial charge on any atom is -0.436 e. The van der Waals surface area contributed by atoms with Crippen molar-refractivity contribution in [1.29, 1.82) is 0 Å². The largest absolute Gasteiger partial charge is 0.471 e. The second-order valence-electron chi connectivity index (χ2n) is 6.24. The zero-order valence-electron chi connectivity index (χ0n) is 14.6. The van der Waals surface area contributed by atoms with Crippen LogP contribution in [0.15, 0.2) is 71.1 Å². The second kappa shape index (κ2) is 7.25. The van der Waals surface area contributed by atoms with Gasteiger partial charge in [-0.3, -0.25) is 4.79 Å². The number of carbonyl (C=O) groups excluding carboxylic acids is 1. The van der Waals surface area contributed by atoms with Crippen LogP contribution in [0.25, 0.3) is 33.7 Å². The lowest BCUT2D eigenvalue weighted by molar-refractivity contribution is -0.167. The number of carbonyl (C=O) groups is 1. The summed E-state index contributed by atoms with van der Waals surface area (Å²) in [6.07, 6.45) is -4.93. The molecule has 4 rings (SSSR count). The van der Waals surface area contributed by atoms with Crippen LogP contribution in [0.2, 0.25) is 5.02 Å². The molecule has 4 aromatic rings. The number of rotatable bonds is 3. The topological polar surface area (TPSA) is 55.1 Å². The first-order valence-corrected chi connectivity index (χ1v) is 8.82. The molecule has 0 aliphatic rings. The summed E-state index contributed by atoms with van der Waals surface area (Å²) in [6.45, 7) is 0. The Morgan fingerprint density at radius 3 is 2.10 bits per heavy atom. The lowest BCUT2D eigenvalue weighted by Crippen LogP contribution is -2.29. The van der Waals surface area contributed by atoms with Gasteiger partial charge in [-0.1, -0.05) is 35.9 Å². The minimum absolute atomic E-state index is 0.0674. The number of fused-ring (bicyclic) bond motifs is 1. The smallest absolute Gasteiger partial charge is 0.436 e. The van der Waals surface area contributed by atoms with E-state index in [1.165, 1.54) is 12.1 Å². The van der Waals surface area contributed by atoms with E-state index in [-0.39, 0.29) is 5.69 Å². The predicted molar refractivity (Wildman–Crippen MR) is 105 cm³/mol. The van der Waals surface area contributed by atoms with E-state index in [4.69, 9.17) is 16.0 Å². The fraction of sp³-hybridized carbons (Fsp3) is 0.0476. The third-order valence-corrected chi connectivity index (χ3v) is 4.45. The van der Waals surface area contributed by atoms with Gasteiger partial charge in [-0.05, 0) is 53.6 Å². The highest BCUT2D eigenvalue weighted by atomic mass is 35.5. The molecule has 0 saturated carbocycles. The zero-order valence-corrected chi connectivity index (χ0v) is 15.4. The van der Waals surface area contributed by atoms with Crippen LogP contribution in [-0.4, -0.2) is 17.1 Å². The number of oxazole rings is 1. The molecule has 4 nitrogen and oxygen atoms in total. The number of aromatic nitrogens is 1. The highest BCUT2D eigenvalue weighted by molar-refractivity contribution is 6.31. The number of nitrogens with zero attached hydrogens (tertiary/aromatic N) is 1. The van der Waals surface area contributed by atoms with E-state index in [2.05, 4.69) is 4.98 Å². The van der Waals surface area contributed by atoms with Crippen LogP contribution < -0.4 is 5.32 Å². The van der Waals surface area contributed by atoms with Gasteiger partial charge in [0.2, 0.25) is 5.89 Å². The van der Waals surface area contributed by atoms with Crippen LogP contribution in [0.1, 0.15) is 0 Å². The number of hydrogen-bond acceptors (Lipinski definition) is 3. The average Bonchev–Trinajstić information content (AvgIpc) is 3.11. The van der Waals surface area contributed by atoms with Gasteiger partial charge >= 0.3 is 12.1 Å². The van der Waals surface area contributed by atoms with Crippen molar-refractivity contribution < 1.29 is 22.4 Å². The van der Waals surface area contributed by atoms with Gasteiger partial charge in [0.1, 0.15) is 5.52 Å². The molecular formula is C21H12ClF3N2O2. The van der Waals surface area contributed by atoms with Gasteiger partial charge in [-0.2, -0.15) is 13.2 Å². The van der Waals surface area contributed by atoms with Gasteiger partial charge in [0.05, 0.1) is 0 Å². The Labute approximate surface area is 167 Å². The van der Waals surface area contributed by atoms with Crippen molar-refractivity contribution in [1.82, 2.24) is 4.98 Å². The summed E-state index contributed by atoms with van der Waals surface area (Å²) in [5.74, 6) is -1.55. The summed E-state index contributed by atoms with van der Waals surface area (Å²) in [4.78, 5) is 15.4. The first-order valence-electron chi connectivity index (χ1n) is 8.45. The van der Waals surface area contributed by atoms with E-state index in [0.29, 0.717) is 22.0 Å².